The Kier molecular flexibility index (Phi) is 9.33. The maximum Gasteiger partial charge on any atom is 0.407 e. The highest BCUT2D eigenvalue weighted by Crippen LogP contribution is 2.29. The number of carbonyl (C=O) groups is 2. The summed E-state index contributed by atoms with van der Waals surface area (Å²) in [7, 11) is 0. The topological polar surface area (TPSA) is 55.4 Å². The summed E-state index contributed by atoms with van der Waals surface area (Å²) in [5.74, 6) is 1.32. The highest BCUT2D eigenvalue weighted by molar-refractivity contribution is 5.79. The van der Waals surface area contributed by atoms with Crippen molar-refractivity contribution in [1.82, 2.24) is 5.32 Å². The second-order valence-corrected chi connectivity index (χ2v) is 4.47. The van der Waals surface area contributed by atoms with E-state index in [0.29, 0.717) is 43.6 Å². The fourth-order valence-electron chi connectivity index (χ4n) is 2.19. The highest BCUT2D eigenvalue weighted by Gasteiger charge is 2.25. The fraction of sp³-hybridized carbons (Fsp3) is 0.857. The van der Waals surface area contributed by atoms with Crippen molar-refractivity contribution in [2.75, 3.05) is 13.2 Å². The summed E-state index contributed by atoms with van der Waals surface area (Å²) in [6, 6.07) is 0. The van der Waals surface area contributed by atoms with Crippen LogP contribution in [0, 0.1) is 11.8 Å². The lowest BCUT2D eigenvalue weighted by atomic mass is 9.78. The molecule has 1 saturated carbocycles. The molecule has 0 heterocycles. The second kappa shape index (κ2) is 9.92. The molecule has 1 fully saturated rings. The molecular formula is C14H29NO3. The Hall–Kier alpha value is -1.06. The lowest BCUT2D eigenvalue weighted by molar-refractivity contribution is -0.122. The molecule has 1 aliphatic rings. The van der Waals surface area contributed by atoms with Gasteiger partial charge in [-0.25, -0.2) is 4.79 Å². The largest absolute Gasteiger partial charge is 0.450 e. The van der Waals surface area contributed by atoms with Crippen LogP contribution in [-0.2, 0) is 9.53 Å². The number of ether oxygens (including phenoxy) is 1. The average molecular weight is 259 g/mol. The molecule has 18 heavy (non-hydrogen) atoms. The summed E-state index contributed by atoms with van der Waals surface area (Å²) < 4.78 is 5.03. The van der Waals surface area contributed by atoms with Crippen LogP contribution < -0.4 is 5.32 Å². The monoisotopic (exact) mass is 259 g/mol. The predicted molar refractivity (Wildman–Crippen MR) is 74.6 cm³/mol. The molecule has 0 bridgehead atoms. The van der Waals surface area contributed by atoms with Gasteiger partial charge in [-0.05, 0) is 31.6 Å². The first-order valence-electron chi connectivity index (χ1n) is 7.05. The summed E-state index contributed by atoms with van der Waals surface area (Å²) in [4.78, 5) is 22.2. The van der Waals surface area contributed by atoms with Crippen molar-refractivity contribution in [3.05, 3.63) is 0 Å². The average Bonchev–Trinajstić information content (AvgIpc) is 2.35. The summed E-state index contributed by atoms with van der Waals surface area (Å²) >= 11 is 0. The van der Waals surface area contributed by atoms with E-state index in [9.17, 15) is 9.59 Å². The van der Waals surface area contributed by atoms with Gasteiger partial charge in [-0.1, -0.05) is 20.8 Å². The van der Waals surface area contributed by atoms with E-state index in [1.54, 1.807) is 0 Å². The van der Waals surface area contributed by atoms with Gasteiger partial charge in [-0.3, -0.25) is 4.79 Å². The van der Waals surface area contributed by atoms with E-state index in [1.165, 1.54) is 0 Å². The van der Waals surface area contributed by atoms with Gasteiger partial charge in [0.05, 0.1) is 6.61 Å². The lowest BCUT2D eigenvalue weighted by Gasteiger charge is -2.27. The SMILES string of the molecule is CC.CCNC(=O)OCC[C@H]1CCC(=O)C[C@H]1C.[HH]. The number of nitrogens with one attached hydrogen (secondary N) is 1. The molecule has 1 amide bonds. The van der Waals surface area contributed by atoms with Crippen LogP contribution >= 0.6 is 0 Å². The van der Waals surface area contributed by atoms with Crippen molar-refractivity contribution in [1.29, 1.82) is 0 Å². The number of carbonyl (C=O) groups excluding carboxylic acids is 2. The molecule has 1 aliphatic carbocycles. The Morgan fingerprint density at radius 2 is 2.17 bits per heavy atom. The van der Waals surface area contributed by atoms with Gasteiger partial charge in [0, 0.05) is 20.8 Å². The van der Waals surface area contributed by atoms with Crippen LogP contribution in [0.3, 0.4) is 0 Å². The van der Waals surface area contributed by atoms with Crippen LogP contribution in [0.5, 0.6) is 0 Å². The lowest BCUT2D eigenvalue weighted by Crippen LogP contribution is -2.27. The Bertz CT molecular complexity index is 259. The first kappa shape index (κ1) is 16.9. The molecule has 0 saturated heterocycles. The number of hydrogen-bond acceptors (Lipinski definition) is 3. The number of hydrogen-bond donors (Lipinski definition) is 1. The smallest absolute Gasteiger partial charge is 0.407 e. The second-order valence-electron chi connectivity index (χ2n) is 4.47. The molecule has 4 nitrogen and oxygen atoms in total. The summed E-state index contributed by atoms with van der Waals surface area (Å²) in [5, 5.41) is 2.59. The van der Waals surface area contributed by atoms with Gasteiger partial charge in [-0.15, -0.1) is 0 Å². The van der Waals surface area contributed by atoms with Crippen LogP contribution in [0.25, 0.3) is 0 Å². The third-order valence-electron chi connectivity index (χ3n) is 3.19. The minimum absolute atomic E-state index is 0. The summed E-state index contributed by atoms with van der Waals surface area (Å²) in [6.45, 7) is 9.01. The Morgan fingerprint density at radius 1 is 1.50 bits per heavy atom. The fourth-order valence-corrected chi connectivity index (χ4v) is 2.19. The Labute approximate surface area is 112 Å². The number of ketones is 1. The van der Waals surface area contributed by atoms with Gasteiger partial charge in [0.1, 0.15) is 5.78 Å². The zero-order chi connectivity index (χ0) is 14.0. The summed E-state index contributed by atoms with van der Waals surface area (Å²) in [6.07, 6.45) is 2.84. The van der Waals surface area contributed by atoms with Crippen molar-refractivity contribution in [3.63, 3.8) is 0 Å². The van der Waals surface area contributed by atoms with Crippen LogP contribution in [-0.4, -0.2) is 25.0 Å². The predicted octanol–water partition coefficient (Wildman–Crippen LogP) is 3.40. The molecule has 0 spiro atoms. The van der Waals surface area contributed by atoms with E-state index in [-0.39, 0.29) is 7.52 Å². The third-order valence-corrected chi connectivity index (χ3v) is 3.19. The third kappa shape index (κ3) is 6.62. The van der Waals surface area contributed by atoms with Crippen LogP contribution in [0.15, 0.2) is 0 Å². The van der Waals surface area contributed by atoms with Gasteiger partial charge in [0.25, 0.3) is 0 Å². The van der Waals surface area contributed by atoms with E-state index in [4.69, 9.17) is 4.74 Å². The Morgan fingerprint density at radius 3 is 2.72 bits per heavy atom. The van der Waals surface area contributed by atoms with Gasteiger partial charge in [0.15, 0.2) is 0 Å². The van der Waals surface area contributed by atoms with E-state index in [1.807, 2.05) is 20.8 Å². The van der Waals surface area contributed by atoms with Crippen molar-refractivity contribution in [2.45, 2.75) is 53.4 Å². The van der Waals surface area contributed by atoms with E-state index < -0.39 is 0 Å². The van der Waals surface area contributed by atoms with Crippen LogP contribution in [0.4, 0.5) is 4.79 Å². The van der Waals surface area contributed by atoms with Gasteiger partial charge < -0.3 is 10.1 Å². The molecule has 1 N–H and O–H groups in total. The zero-order valence-corrected chi connectivity index (χ0v) is 12.1. The van der Waals surface area contributed by atoms with Crippen molar-refractivity contribution in [2.24, 2.45) is 11.8 Å². The normalized spacial score (nSPS) is 22.8. The molecule has 0 radical (unpaired) electrons. The van der Waals surface area contributed by atoms with Crippen molar-refractivity contribution >= 4 is 11.9 Å². The van der Waals surface area contributed by atoms with E-state index in [2.05, 4.69) is 12.2 Å². The summed E-state index contributed by atoms with van der Waals surface area (Å²) in [5.41, 5.74) is 0. The van der Waals surface area contributed by atoms with E-state index in [0.717, 1.165) is 12.8 Å². The molecule has 0 aromatic heterocycles. The standard InChI is InChI=1S/C12H21NO3.C2H6.H2/c1-3-13-12(15)16-7-6-10-4-5-11(14)8-9(10)2;1-2;/h9-10H,3-8H2,1-2H3,(H,13,15);1-2H3;1H/t9-,10-;;/m1../s1. The first-order chi connectivity index (χ1) is 8.63. The maximum absolute atomic E-state index is 11.2. The first-order valence-corrected chi connectivity index (χ1v) is 7.05. The van der Waals surface area contributed by atoms with E-state index >= 15 is 0 Å². The molecular weight excluding hydrogens is 230 g/mol. The molecule has 0 aromatic carbocycles. The number of alkyl carbamates (subject to hydrolysis) is 1. The van der Waals surface area contributed by atoms with Crippen molar-refractivity contribution < 1.29 is 15.8 Å². The van der Waals surface area contributed by atoms with Gasteiger partial charge in [0.2, 0.25) is 0 Å². The highest BCUT2D eigenvalue weighted by atomic mass is 16.5. The zero-order valence-electron chi connectivity index (χ0n) is 12.1. The minimum atomic E-state index is -0.345. The van der Waals surface area contributed by atoms with Crippen LogP contribution in [0.2, 0.25) is 0 Å². The number of amides is 1. The van der Waals surface area contributed by atoms with Gasteiger partial charge >= 0.3 is 6.09 Å². The quantitative estimate of drug-likeness (QED) is 0.841. The minimum Gasteiger partial charge on any atom is -0.450 e. The molecule has 2 atom stereocenters. The number of Topliss-reactive ketones (excluding diaryl/α,β-unsaturated/α-hetero) is 1. The van der Waals surface area contributed by atoms with Gasteiger partial charge in [-0.2, -0.15) is 0 Å². The molecule has 108 valence electrons. The molecule has 4 heteroatoms. The number of rotatable bonds is 4. The molecule has 0 aromatic rings. The molecule has 1 rings (SSSR count). The Balaban J connectivity index is 0. The van der Waals surface area contributed by atoms with Crippen molar-refractivity contribution in [3.8, 4) is 0 Å². The molecule has 0 unspecified atom stereocenters. The maximum atomic E-state index is 11.2. The van der Waals surface area contributed by atoms with Crippen LogP contribution in [0.1, 0.15) is 54.8 Å². The molecule has 0 aliphatic heterocycles.